The smallest absolute Gasteiger partial charge is 0.115 e. The molecule has 0 radical (unpaired) electrons. The van der Waals surface area contributed by atoms with Gasteiger partial charge in [-0.2, -0.15) is 0 Å². The van der Waals surface area contributed by atoms with Crippen LogP contribution in [0.1, 0.15) is 31.3 Å². The van der Waals surface area contributed by atoms with Crippen LogP contribution < -0.4 is 5.32 Å². The lowest BCUT2D eigenvalue weighted by Gasteiger charge is -2.12. The van der Waals surface area contributed by atoms with E-state index in [1.807, 2.05) is 18.6 Å². The normalized spacial score (nSPS) is 11.0. The Morgan fingerprint density at radius 1 is 1.29 bits per heavy atom. The van der Waals surface area contributed by atoms with Crippen molar-refractivity contribution in [1.29, 1.82) is 0 Å². The van der Waals surface area contributed by atoms with Crippen LogP contribution in [0.4, 0.5) is 0 Å². The molecule has 0 bridgehead atoms. The fourth-order valence-corrected chi connectivity index (χ4v) is 1.68. The summed E-state index contributed by atoms with van der Waals surface area (Å²) in [6.07, 6.45) is 7.08. The second kappa shape index (κ2) is 5.54. The lowest BCUT2D eigenvalue weighted by molar-refractivity contribution is 0.549. The van der Waals surface area contributed by atoms with Crippen molar-refractivity contribution in [2.24, 2.45) is 0 Å². The summed E-state index contributed by atoms with van der Waals surface area (Å²) < 4.78 is 2.16. The lowest BCUT2D eigenvalue weighted by atomic mass is 10.3. The van der Waals surface area contributed by atoms with Crippen LogP contribution in [0.2, 0.25) is 0 Å². The number of aromatic nitrogens is 4. The fraction of sp³-hybridized carbons (Fsp3) is 0.417. The predicted octanol–water partition coefficient (Wildman–Crippen LogP) is 1.54. The van der Waals surface area contributed by atoms with Gasteiger partial charge in [0, 0.05) is 31.5 Å². The molecule has 17 heavy (non-hydrogen) atoms. The highest BCUT2D eigenvalue weighted by molar-refractivity contribution is 5.01. The quantitative estimate of drug-likeness (QED) is 0.848. The molecule has 0 unspecified atom stereocenters. The Labute approximate surface area is 101 Å². The molecule has 90 valence electrons. The van der Waals surface area contributed by atoms with Crippen LogP contribution in [0.5, 0.6) is 0 Å². The zero-order chi connectivity index (χ0) is 12.1. The summed E-state index contributed by atoms with van der Waals surface area (Å²) in [7, 11) is 0. The molecule has 2 heterocycles. The van der Waals surface area contributed by atoms with Gasteiger partial charge in [-0.15, -0.1) is 0 Å². The van der Waals surface area contributed by atoms with Crippen molar-refractivity contribution in [2.75, 3.05) is 0 Å². The molecular formula is C12H17N5. The highest BCUT2D eigenvalue weighted by Crippen LogP contribution is 2.08. The minimum Gasteiger partial charge on any atom is -0.331 e. The average Bonchev–Trinajstić information content (AvgIpc) is 2.79. The van der Waals surface area contributed by atoms with Gasteiger partial charge >= 0.3 is 0 Å². The maximum absolute atomic E-state index is 4.17. The van der Waals surface area contributed by atoms with E-state index < -0.39 is 0 Å². The molecule has 0 aliphatic rings. The Morgan fingerprint density at radius 2 is 2.18 bits per heavy atom. The maximum atomic E-state index is 4.17. The average molecular weight is 231 g/mol. The van der Waals surface area contributed by atoms with E-state index in [-0.39, 0.29) is 0 Å². The summed E-state index contributed by atoms with van der Waals surface area (Å²) in [5, 5.41) is 3.35. The number of nitrogens with one attached hydrogen (secondary N) is 1. The predicted molar refractivity (Wildman–Crippen MR) is 65.2 cm³/mol. The molecule has 0 saturated heterocycles. The van der Waals surface area contributed by atoms with Gasteiger partial charge in [0.05, 0.1) is 17.7 Å². The maximum Gasteiger partial charge on any atom is 0.115 e. The van der Waals surface area contributed by atoms with E-state index in [0.29, 0.717) is 6.04 Å². The first-order valence-electron chi connectivity index (χ1n) is 5.73. The molecule has 0 spiro atoms. The van der Waals surface area contributed by atoms with Gasteiger partial charge in [-0.05, 0) is 19.9 Å². The third-order valence-corrected chi connectivity index (χ3v) is 2.56. The molecule has 1 N–H and O–H groups in total. The molecule has 2 aromatic rings. The third kappa shape index (κ3) is 3.10. The van der Waals surface area contributed by atoms with Crippen LogP contribution in [-0.4, -0.2) is 19.5 Å². The molecular weight excluding hydrogens is 214 g/mol. The molecule has 0 aromatic carbocycles. The molecule has 0 fully saturated rings. The minimum absolute atomic E-state index is 0.438. The first kappa shape index (κ1) is 11.7. The molecule has 2 rings (SSSR count). The van der Waals surface area contributed by atoms with Crippen molar-refractivity contribution in [2.45, 2.75) is 33.0 Å². The van der Waals surface area contributed by atoms with Crippen LogP contribution in [-0.2, 0) is 13.1 Å². The van der Waals surface area contributed by atoms with E-state index in [0.717, 1.165) is 18.8 Å². The molecule has 0 aliphatic heterocycles. The van der Waals surface area contributed by atoms with E-state index in [4.69, 9.17) is 0 Å². The van der Waals surface area contributed by atoms with Crippen molar-refractivity contribution in [3.8, 4) is 0 Å². The molecule has 5 nitrogen and oxygen atoms in total. The Kier molecular flexibility index (Phi) is 3.82. The third-order valence-electron chi connectivity index (χ3n) is 2.56. The van der Waals surface area contributed by atoms with Gasteiger partial charge in [0.2, 0.25) is 0 Å². The Bertz CT molecular complexity index is 449. The second-order valence-electron chi connectivity index (χ2n) is 4.19. The Balaban J connectivity index is 1.88. The van der Waals surface area contributed by atoms with Crippen molar-refractivity contribution in [3.05, 3.63) is 42.5 Å². The summed E-state index contributed by atoms with van der Waals surface area (Å²) in [5.74, 6) is 0. The van der Waals surface area contributed by atoms with Gasteiger partial charge < -0.3 is 9.88 Å². The molecule has 0 amide bonds. The lowest BCUT2D eigenvalue weighted by Crippen LogP contribution is -2.17. The monoisotopic (exact) mass is 231 g/mol. The van der Waals surface area contributed by atoms with Crippen molar-refractivity contribution >= 4 is 0 Å². The van der Waals surface area contributed by atoms with E-state index in [1.54, 1.807) is 12.5 Å². The number of hydrogen-bond donors (Lipinski definition) is 1. The van der Waals surface area contributed by atoms with E-state index >= 15 is 0 Å². The summed E-state index contributed by atoms with van der Waals surface area (Å²) >= 11 is 0. The second-order valence-corrected chi connectivity index (χ2v) is 4.19. The van der Waals surface area contributed by atoms with Crippen molar-refractivity contribution in [3.63, 3.8) is 0 Å². The van der Waals surface area contributed by atoms with Gasteiger partial charge in [0.15, 0.2) is 0 Å². The van der Waals surface area contributed by atoms with Crippen LogP contribution in [0, 0.1) is 0 Å². The van der Waals surface area contributed by atoms with Gasteiger partial charge in [0.25, 0.3) is 0 Å². The number of rotatable bonds is 5. The summed E-state index contributed by atoms with van der Waals surface area (Å²) in [5.41, 5.74) is 2.18. The topological polar surface area (TPSA) is 55.6 Å². The SMILES string of the molecule is CC(C)n1cncc1CNCc1ccncn1. The summed E-state index contributed by atoms with van der Waals surface area (Å²) in [6, 6.07) is 2.35. The molecule has 0 saturated carbocycles. The van der Waals surface area contributed by atoms with Gasteiger partial charge in [-0.25, -0.2) is 15.0 Å². The first-order chi connectivity index (χ1) is 8.27. The molecule has 0 aliphatic carbocycles. The number of hydrogen-bond acceptors (Lipinski definition) is 4. The fourth-order valence-electron chi connectivity index (χ4n) is 1.68. The zero-order valence-corrected chi connectivity index (χ0v) is 10.2. The van der Waals surface area contributed by atoms with Gasteiger partial charge in [0.1, 0.15) is 6.33 Å². The molecule has 5 heteroatoms. The largest absolute Gasteiger partial charge is 0.331 e. The van der Waals surface area contributed by atoms with E-state index in [2.05, 4.69) is 38.7 Å². The van der Waals surface area contributed by atoms with Crippen molar-refractivity contribution < 1.29 is 0 Å². The number of nitrogens with zero attached hydrogens (tertiary/aromatic N) is 4. The zero-order valence-electron chi connectivity index (χ0n) is 10.2. The highest BCUT2D eigenvalue weighted by Gasteiger charge is 2.04. The van der Waals surface area contributed by atoms with Gasteiger partial charge in [-0.1, -0.05) is 0 Å². The van der Waals surface area contributed by atoms with E-state index in [1.165, 1.54) is 5.69 Å². The summed E-state index contributed by atoms with van der Waals surface area (Å²) in [4.78, 5) is 12.2. The van der Waals surface area contributed by atoms with Crippen LogP contribution in [0.3, 0.4) is 0 Å². The van der Waals surface area contributed by atoms with Crippen LogP contribution in [0.15, 0.2) is 31.1 Å². The van der Waals surface area contributed by atoms with Crippen molar-refractivity contribution in [1.82, 2.24) is 24.8 Å². The Morgan fingerprint density at radius 3 is 2.88 bits per heavy atom. The molecule has 0 atom stereocenters. The Hall–Kier alpha value is -1.75. The molecule has 2 aromatic heterocycles. The highest BCUT2D eigenvalue weighted by atomic mass is 15.1. The van der Waals surface area contributed by atoms with Crippen LogP contribution in [0.25, 0.3) is 0 Å². The van der Waals surface area contributed by atoms with Crippen LogP contribution >= 0.6 is 0 Å². The van der Waals surface area contributed by atoms with E-state index in [9.17, 15) is 0 Å². The standard InChI is InChI=1S/C12H17N5/c1-10(2)17-9-15-7-12(17)6-14-5-11-3-4-13-8-16-11/h3-4,7-10,14H,5-6H2,1-2H3. The summed E-state index contributed by atoms with van der Waals surface area (Å²) in [6.45, 7) is 5.83. The number of imidazole rings is 1. The first-order valence-corrected chi connectivity index (χ1v) is 5.73. The van der Waals surface area contributed by atoms with Gasteiger partial charge in [-0.3, -0.25) is 0 Å². The minimum atomic E-state index is 0.438.